The van der Waals surface area contributed by atoms with E-state index < -0.39 is 0 Å². The van der Waals surface area contributed by atoms with Gasteiger partial charge in [0, 0.05) is 0 Å². The van der Waals surface area contributed by atoms with Crippen molar-refractivity contribution in [3.8, 4) is 0 Å². The minimum atomic E-state index is 0.281. The second-order valence-electron chi connectivity index (χ2n) is 3.48. The van der Waals surface area contributed by atoms with Crippen LogP contribution >= 0.6 is 0 Å². The molecule has 0 amide bonds. The molecule has 2 heteroatoms. The Morgan fingerprint density at radius 2 is 2.08 bits per heavy atom. The highest BCUT2D eigenvalue weighted by Crippen LogP contribution is 2.23. The predicted octanol–water partition coefficient (Wildman–Crippen LogP) is 2.25. The fraction of sp³-hybridized carbons (Fsp3) is 0.800. The van der Waals surface area contributed by atoms with Crippen LogP contribution in [0, 0.1) is 0 Å². The molecular weight excluding hydrogens is 152 g/mol. The molecule has 0 spiro atoms. The Morgan fingerprint density at radius 3 is 3.08 bits per heavy atom. The van der Waals surface area contributed by atoms with Crippen LogP contribution in [0.3, 0.4) is 0 Å². The molecular formula is C10H16O2. The van der Waals surface area contributed by atoms with E-state index in [4.69, 9.17) is 9.47 Å². The van der Waals surface area contributed by atoms with E-state index in [0.29, 0.717) is 0 Å². The summed E-state index contributed by atoms with van der Waals surface area (Å²) >= 11 is 0. The minimum Gasteiger partial charge on any atom is -0.495 e. The van der Waals surface area contributed by atoms with Crippen LogP contribution in [0.1, 0.15) is 32.1 Å². The third-order valence-electron chi connectivity index (χ3n) is 2.53. The highest BCUT2D eigenvalue weighted by Gasteiger charge is 2.21. The van der Waals surface area contributed by atoms with Crippen LogP contribution in [0.15, 0.2) is 11.8 Å². The van der Waals surface area contributed by atoms with Crippen LogP contribution in [-0.2, 0) is 9.47 Å². The number of hydrogen-bond donors (Lipinski definition) is 0. The average molecular weight is 168 g/mol. The molecule has 1 atom stereocenters. The summed E-state index contributed by atoms with van der Waals surface area (Å²) in [7, 11) is 0. The maximum atomic E-state index is 5.62. The zero-order valence-electron chi connectivity index (χ0n) is 7.42. The summed E-state index contributed by atoms with van der Waals surface area (Å²) in [5, 5.41) is 0. The molecule has 0 saturated carbocycles. The van der Waals surface area contributed by atoms with Gasteiger partial charge in [0.2, 0.25) is 0 Å². The van der Waals surface area contributed by atoms with Crippen LogP contribution < -0.4 is 0 Å². The molecule has 1 unspecified atom stereocenters. The maximum absolute atomic E-state index is 5.62. The fourth-order valence-electron chi connectivity index (χ4n) is 1.81. The van der Waals surface area contributed by atoms with Crippen LogP contribution in [0.4, 0.5) is 0 Å². The summed E-state index contributed by atoms with van der Waals surface area (Å²) in [6.45, 7) is 1.63. The molecule has 2 heterocycles. The predicted molar refractivity (Wildman–Crippen MR) is 46.9 cm³/mol. The topological polar surface area (TPSA) is 18.5 Å². The minimum absolute atomic E-state index is 0.281. The van der Waals surface area contributed by atoms with Crippen molar-refractivity contribution in [1.82, 2.24) is 0 Å². The molecule has 1 saturated heterocycles. The summed E-state index contributed by atoms with van der Waals surface area (Å²) in [6.07, 6.45) is 8.62. The number of hydrogen-bond acceptors (Lipinski definition) is 2. The van der Waals surface area contributed by atoms with Crippen molar-refractivity contribution in [1.29, 1.82) is 0 Å². The molecule has 2 aliphatic rings. The van der Waals surface area contributed by atoms with Gasteiger partial charge >= 0.3 is 0 Å². The van der Waals surface area contributed by atoms with E-state index in [1.54, 1.807) is 0 Å². The van der Waals surface area contributed by atoms with Crippen LogP contribution in [-0.4, -0.2) is 19.3 Å². The highest BCUT2D eigenvalue weighted by molar-refractivity contribution is 5.06. The third-order valence-corrected chi connectivity index (χ3v) is 2.53. The first-order chi connectivity index (χ1) is 5.97. The lowest BCUT2D eigenvalue weighted by atomic mass is 10.1. The van der Waals surface area contributed by atoms with Gasteiger partial charge in [-0.25, -0.2) is 0 Å². The lowest BCUT2D eigenvalue weighted by molar-refractivity contribution is 0.0684. The van der Waals surface area contributed by atoms with E-state index in [9.17, 15) is 0 Å². The van der Waals surface area contributed by atoms with Crippen molar-refractivity contribution in [2.24, 2.45) is 0 Å². The van der Waals surface area contributed by atoms with E-state index in [0.717, 1.165) is 25.4 Å². The Morgan fingerprint density at radius 1 is 1.17 bits per heavy atom. The first-order valence-corrected chi connectivity index (χ1v) is 4.91. The van der Waals surface area contributed by atoms with Gasteiger partial charge in [-0.05, 0) is 18.9 Å². The Hall–Kier alpha value is -0.500. The van der Waals surface area contributed by atoms with E-state index in [1.807, 2.05) is 0 Å². The maximum Gasteiger partial charge on any atom is 0.123 e. The van der Waals surface area contributed by atoms with Crippen molar-refractivity contribution in [3.63, 3.8) is 0 Å². The van der Waals surface area contributed by atoms with Gasteiger partial charge in [-0.15, -0.1) is 0 Å². The van der Waals surface area contributed by atoms with E-state index in [2.05, 4.69) is 6.08 Å². The molecule has 12 heavy (non-hydrogen) atoms. The molecule has 0 aromatic carbocycles. The van der Waals surface area contributed by atoms with Gasteiger partial charge < -0.3 is 9.47 Å². The Labute approximate surface area is 73.5 Å². The first kappa shape index (κ1) is 8.11. The normalized spacial score (nSPS) is 30.7. The molecule has 2 nitrogen and oxygen atoms in total. The molecule has 2 aliphatic heterocycles. The van der Waals surface area contributed by atoms with Gasteiger partial charge in [0.05, 0.1) is 13.2 Å². The molecule has 1 fully saturated rings. The number of fused-ring (bicyclic) bond motifs is 1. The number of ether oxygens (including phenoxy) is 2. The second-order valence-corrected chi connectivity index (χ2v) is 3.48. The lowest BCUT2D eigenvalue weighted by Crippen LogP contribution is -2.11. The lowest BCUT2D eigenvalue weighted by Gasteiger charge is -2.13. The van der Waals surface area contributed by atoms with Crippen molar-refractivity contribution >= 4 is 0 Å². The van der Waals surface area contributed by atoms with Crippen molar-refractivity contribution < 1.29 is 9.47 Å². The average Bonchev–Trinajstić information content (AvgIpc) is 2.50. The van der Waals surface area contributed by atoms with Gasteiger partial charge in [0.1, 0.15) is 11.9 Å². The van der Waals surface area contributed by atoms with Crippen molar-refractivity contribution in [2.75, 3.05) is 13.2 Å². The molecule has 0 aromatic rings. The van der Waals surface area contributed by atoms with E-state index in [1.165, 1.54) is 25.7 Å². The Bertz CT molecular complexity index is 175. The van der Waals surface area contributed by atoms with Gasteiger partial charge in [0.25, 0.3) is 0 Å². The summed E-state index contributed by atoms with van der Waals surface area (Å²) < 4.78 is 11.2. The van der Waals surface area contributed by atoms with Gasteiger partial charge in [-0.2, -0.15) is 0 Å². The molecule has 0 aromatic heterocycles. The smallest absolute Gasteiger partial charge is 0.123 e. The van der Waals surface area contributed by atoms with Gasteiger partial charge in [-0.1, -0.05) is 19.3 Å². The van der Waals surface area contributed by atoms with Crippen molar-refractivity contribution in [3.05, 3.63) is 11.8 Å². The second kappa shape index (κ2) is 3.94. The van der Waals surface area contributed by atoms with Crippen LogP contribution in [0.25, 0.3) is 0 Å². The zero-order chi connectivity index (χ0) is 8.23. The van der Waals surface area contributed by atoms with Crippen LogP contribution in [0.2, 0.25) is 0 Å². The quantitative estimate of drug-likeness (QED) is 0.552. The molecule has 0 N–H and O–H groups in total. The summed E-state index contributed by atoms with van der Waals surface area (Å²) in [4.78, 5) is 0. The number of rotatable bonds is 0. The zero-order valence-corrected chi connectivity index (χ0v) is 7.42. The fourth-order valence-corrected chi connectivity index (χ4v) is 1.81. The largest absolute Gasteiger partial charge is 0.495 e. The first-order valence-electron chi connectivity index (χ1n) is 4.91. The molecule has 2 rings (SSSR count). The van der Waals surface area contributed by atoms with Gasteiger partial charge in [0.15, 0.2) is 0 Å². The standard InChI is InChI=1S/C10H16O2/c1-2-4-7-11-10-6-8-12-9(10)5-3-1/h6,9H,1-5,7-8H2. The Balaban J connectivity index is 1.94. The highest BCUT2D eigenvalue weighted by atomic mass is 16.5. The van der Waals surface area contributed by atoms with Crippen LogP contribution in [0.5, 0.6) is 0 Å². The SMILES string of the molecule is C1=C2OCCCCCCC2OC1. The third kappa shape index (κ3) is 1.81. The summed E-state index contributed by atoms with van der Waals surface area (Å²) in [5.74, 6) is 1.09. The van der Waals surface area contributed by atoms with Gasteiger partial charge in [-0.3, -0.25) is 0 Å². The van der Waals surface area contributed by atoms with E-state index >= 15 is 0 Å². The van der Waals surface area contributed by atoms with Crippen molar-refractivity contribution in [2.45, 2.75) is 38.2 Å². The molecule has 0 aliphatic carbocycles. The van der Waals surface area contributed by atoms with E-state index in [-0.39, 0.29) is 6.10 Å². The monoisotopic (exact) mass is 168 g/mol. The summed E-state index contributed by atoms with van der Waals surface area (Å²) in [6, 6.07) is 0. The summed E-state index contributed by atoms with van der Waals surface area (Å²) in [5.41, 5.74) is 0. The molecule has 0 bridgehead atoms. The molecule has 0 radical (unpaired) electrons. The molecule has 68 valence electrons. The Kier molecular flexibility index (Phi) is 2.67.